The zero-order valence-corrected chi connectivity index (χ0v) is 16.6. The van der Waals surface area contributed by atoms with Crippen molar-refractivity contribution < 1.29 is 14.3 Å². The van der Waals surface area contributed by atoms with Crippen LogP contribution in [0.3, 0.4) is 0 Å². The van der Waals surface area contributed by atoms with Crippen molar-refractivity contribution in [3.8, 4) is 17.4 Å². The molecule has 148 valence electrons. The average Bonchev–Trinajstić information content (AvgIpc) is 3.54. The van der Waals surface area contributed by atoms with Gasteiger partial charge in [0.15, 0.2) is 11.5 Å². The quantitative estimate of drug-likeness (QED) is 0.792. The summed E-state index contributed by atoms with van der Waals surface area (Å²) in [6.07, 6.45) is 3.60. The summed E-state index contributed by atoms with van der Waals surface area (Å²) in [4.78, 5) is 25.3. The third-order valence-electron chi connectivity index (χ3n) is 5.32. The summed E-state index contributed by atoms with van der Waals surface area (Å²) in [7, 11) is 1.62. The second-order valence-electron chi connectivity index (χ2n) is 7.57. The average molecular weight is 382 g/mol. The predicted molar refractivity (Wildman–Crippen MR) is 106 cm³/mol. The number of anilines is 1. The fraction of sp³-hybridized carbons (Fsp3) is 0.476. The smallest absolute Gasteiger partial charge is 0.226 e. The van der Waals surface area contributed by atoms with Gasteiger partial charge in [-0.05, 0) is 44.4 Å². The molecule has 1 aliphatic carbocycles. The molecule has 1 amide bonds. The van der Waals surface area contributed by atoms with Crippen molar-refractivity contribution in [2.24, 2.45) is 5.92 Å². The Balaban J connectivity index is 1.46. The first-order valence-electron chi connectivity index (χ1n) is 9.75. The van der Waals surface area contributed by atoms with Gasteiger partial charge in [-0.1, -0.05) is 6.07 Å². The first-order valence-corrected chi connectivity index (χ1v) is 9.75. The van der Waals surface area contributed by atoms with E-state index in [0.29, 0.717) is 23.3 Å². The van der Waals surface area contributed by atoms with Crippen molar-refractivity contribution in [2.45, 2.75) is 32.7 Å². The second kappa shape index (κ2) is 7.66. The molecule has 7 nitrogen and oxygen atoms in total. The molecule has 2 aliphatic rings. The van der Waals surface area contributed by atoms with E-state index in [-0.39, 0.29) is 12.0 Å². The summed E-state index contributed by atoms with van der Waals surface area (Å²) >= 11 is 0. The number of hydrogen-bond donors (Lipinski definition) is 0. The first kappa shape index (κ1) is 18.5. The molecule has 1 saturated heterocycles. The summed E-state index contributed by atoms with van der Waals surface area (Å²) in [5.74, 6) is 3.13. The molecule has 1 aromatic heterocycles. The molecule has 0 bridgehead atoms. The lowest BCUT2D eigenvalue weighted by Crippen LogP contribution is -2.54. The highest BCUT2D eigenvalue weighted by Gasteiger charge is 2.37. The van der Waals surface area contributed by atoms with Crippen LogP contribution in [0.1, 0.15) is 25.3 Å². The molecule has 0 unspecified atom stereocenters. The van der Waals surface area contributed by atoms with Gasteiger partial charge in [-0.15, -0.1) is 0 Å². The van der Waals surface area contributed by atoms with Gasteiger partial charge in [0.05, 0.1) is 7.11 Å². The molecule has 2 fully saturated rings. The van der Waals surface area contributed by atoms with E-state index in [1.165, 1.54) is 6.33 Å². The van der Waals surface area contributed by atoms with Gasteiger partial charge in [-0.25, -0.2) is 9.97 Å². The topological polar surface area (TPSA) is 67.8 Å². The molecule has 0 radical (unpaired) electrons. The molecular formula is C21H26N4O3. The predicted octanol–water partition coefficient (Wildman–Crippen LogP) is 3.03. The molecule has 1 atom stereocenters. The van der Waals surface area contributed by atoms with Crippen molar-refractivity contribution in [3.63, 3.8) is 0 Å². The molecule has 4 rings (SSSR count). The van der Waals surface area contributed by atoms with E-state index < -0.39 is 0 Å². The Morgan fingerprint density at radius 2 is 1.96 bits per heavy atom. The van der Waals surface area contributed by atoms with Crippen molar-refractivity contribution in [1.29, 1.82) is 0 Å². The van der Waals surface area contributed by atoms with Gasteiger partial charge >= 0.3 is 0 Å². The molecule has 1 aromatic carbocycles. The Morgan fingerprint density at radius 3 is 2.68 bits per heavy atom. The number of amides is 1. The minimum Gasteiger partial charge on any atom is -0.493 e. The third-order valence-corrected chi connectivity index (χ3v) is 5.32. The number of rotatable bonds is 5. The Kier molecular flexibility index (Phi) is 5.07. The lowest BCUT2D eigenvalue weighted by atomic mass is 10.1. The zero-order valence-electron chi connectivity index (χ0n) is 16.6. The Morgan fingerprint density at radius 1 is 1.14 bits per heavy atom. The van der Waals surface area contributed by atoms with Crippen molar-refractivity contribution in [3.05, 3.63) is 36.2 Å². The van der Waals surface area contributed by atoms with E-state index in [0.717, 1.165) is 43.9 Å². The summed E-state index contributed by atoms with van der Waals surface area (Å²) in [6, 6.07) is 7.77. The van der Waals surface area contributed by atoms with E-state index in [2.05, 4.69) is 21.8 Å². The van der Waals surface area contributed by atoms with E-state index in [4.69, 9.17) is 9.47 Å². The van der Waals surface area contributed by atoms with Gasteiger partial charge in [0.1, 0.15) is 12.1 Å². The normalized spacial score (nSPS) is 19.5. The van der Waals surface area contributed by atoms with Gasteiger partial charge in [0.2, 0.25) is 11.8 Å². The lowest BCUT2D eigenvalue weighted by Gasteiger charge is -2.40. The van der Waals surface area contributed by atoms with Crippen molar-refractivity contribution in [1.82, 2.24) is 14.9 Å². The van der Waals surface area contributed by atoms with Crippen LogP contribution in [-0.2, 0) is 4.79 Å². The highest BCUT2D eigenvalue weighted by Crippen LogP contribution is 2.34. The molecule has 28 heavy (non-hydrogen) atoms. The number of carbonyl (C=O) groups is 1. The molecular weight excluding hydrogens is 356 g/mol. The molecule has 0 spiro atoms. The van der Waals surface area contributed by atoms with Gasteiger partial charge in [0, 0.05) is 37.7 Å². The van der Waals surface area contributed by atoms with Crippen LogP contribution in [0, 0.1) is 12.8 Å². The van der Waals surface area contributed by atoms with Crippen molar-refractivity contribution in [2.75, 3.05) is 31.6 Å². The minimum atomic E-state index is 0.165. The maximum absolute atomic E-state index is 12.4. The van der Waals surface area contributed by atoms with Crippen LogP contribution in [0.15, 0.2) is 30.6 Å². The number of nitrogens with zero attached hydrogens (tertiary/aromatic N) is 4. The van der Waals surface area contributed by atoms with Crippen LogP contribution < -0.4 is 14.4 Å². The highest BCUT2D eigenvalue weighted by molar-refractivity contribution is 5.81. The fourth-order valence-electron chi connectivity index (χ4n) is 3.59. The van der Waals surface area contributed by atoms with Gasteiger partial charge in [-0.2, -0.15) is 0 Å². The maximum atomic E-state index is 12.4. The maximum Gasteiger partial charge on any atom is 0.226 e. The number of ether oxygens (including phenoxy) is 2. The summed E-state index contributed by atoms with van der Waals surface area (Å²) in [5, 5.41) is 0. The number of carbonyl (C=O) groups excluding carboxylic acids is 1. The monoisotopic (exact) mass is 382 g/mol. The first-order chi connectivity index (χ1) is 13.5. The van der Waals surface area contributed by atoms with Crippen LogP contribution in [-0.4, -0.2) is 53.6 Å². The van der Waals surface area contributed by atoms with Gasteiger partial charge < -0.3 is 19.3 Å². The van der Waals surface area contributed by atoms with Crippen molar-refractivity contribution >= 4 is 11.7 Å². The minimum absolute atomic E-state index is 0.165. The van der Waals surface area contributed by atoms with E-state index in [1.807, 2.05) is 36.1 Å². The zero-order chi connectivity index (χ0) is 19.7. The largest absolute Gasteiger partial charge is 0.493 e. The standard InChI is InChI=1S/C21H26N4O3/c1-14-4-7-17(18(10-14)27-3)28-20-11-19(22-13-23-20)24-8-9-25(15(2)12-24)21(26)16-5-6-16/h4,7,10-11,13,15-16H,5-6,8-9,12H2,1-3H3/t15-/m0/s1. The summed E-state index contributed by atoms with van der Waals surface area (Å²) in [5.41, 5.74) is 1.10. The van der Waals surface area contributed by atoms with E-state index in [9.17, 15) is 4.79 Å². The number of aromatic nitrogens is 2. The molecule has 1 saturated carbocycles. The third kappa shape index (κ3) is 3.88. The van der Waals surface area contributed by atoms with E-state index >= 15 is 0 Å². The molecule has 0 N–H and O–H groups in total. The SMILES string of the molecule is COc1cc(C)ccc1Oc1cc(N2CCN(C(=O)C3CC3)[C@@H](C)C2)ncn1. The Labute approximate surface area is 165 Å². The molecule has 1 aliphatic heterocycles. The Hall–Kier alpha value is -2.83. The lowest BCUT2D eigenvalue weighted by molar-refractivity contribution is -0.134. The van der Waals surface area contributed by atoms with Gasteiger partial charge in [-0.3, -0.25) is 4.79 Å². The summed E-state index contributed by atoms with van der Waals surface area (Å²) < 4.78 is 11.3. The fourth-order valence-corrected chi connectivity index (χ4v) is 3.59. The van der Waals surface area contributed by atoms with Crippen LogP contribution in [0.25, 0.3) is 0 Å². The molecule has 2 aromatic rings. The number of methoxy groups -OCH3 is 1. The van der Waals surface area contributed by atoms with Gasteiger partial charge in [0.25, 0.3) is 0 Å². The van der Waals surface area contributed by atoms with E-state index in [1.54, 1.807) is 7.11 Å². The number of piperazine rings is 1. The van der Waals surface area contributed by atoms with Crippen LogP contribution in [0.2, 0.25) is 0 Å². The van der Waals surface area contributed by atoms with Crippen LogP contribution in [0.4, 0.5) is 5.82 Å². The number of benzene rings is 1. The highest BCUT2D eigenvalue weighted by atomic mass is 16.5. The van der Waals surface area contributed by atoms with Crippen LogP contribution >= 0.6 is 0 Å². The number of hydrogen-bond acceptors (Lipinski definition) is 6. The second-order valence-corrected chi connectivity index (χ2v) is 7.57. The Bertz CT molecular complexity index is 868. The number of aryl methyl sites for hydroxylation is 1. The molecule has 7 heteroatoms. The van der Waals surface area contributed by atoms with Crippen LogP contribution in [0.5, 0.6) is 17.4 Å². The summed E-state index contributed by atoms with van der Waals surface area (Å²) in [6.45, 7) is 6.34. The molecule has 2 heterocycles.